The Morgan fingerprint density at radius 3 is 2.04 bits per heavy atom. The molecular formula is C23H39NO4. The summed E-state index contributed by atoms with van der Waals surface area (Å²) < 4.78 is 5.83. The van der Waals surface area contributed by atoms with Crippen LogP contribution in [0, 0.1) is 0 Å². The van der Waals surface area contributed by atoms with Crippen LogP contribution in [0.25, 0.3) is 0 Å². The van der Waals surface area contributed by atoms with E-state index in [1.54, 1.807) is 0 Å². The van der Waals surface area contributed by atoms with Gasteiger partial charge in [0.1, 0.15) is 6.54 Å². The second kappa shape index (κ2) is 16.1. The van der Waals surface area contributed by atoms with Gasteiger partial charge >= 0.3 is 5.97 Å². The van der Waals surface area contributed by atoms with Crippen LogP contribution in [-0.4, -0.2) is 50.2 Å². The Kier molecular flexibility index (Phi) is 15.0. The third-order valence-electron chi connectivity index (χ3n) is 3.98. The molecule has 0 heterocycles. The van der Waals surface area contributed by atoms with Crippen LogP contribution in [-0.2, 0) is 14.3 Å². The van der Waals surface area contributed by atoms with E-state index in [0.717, 1.165) is 19.3 Å². The molecule has 0 amide bonds. The van der Waals surface area contributed by atoms with Gasteiger partial charge in [-0.05, 0) is 32.1 Å². The maximum atomic E-state index is 11.9. The van der Waals surface area contributed by atoms with E-state index in [1.165, 1.54) is 19.3 Å². The quantitative estimate of drug-likeness (QED) is 0.174. The summed E-state index contributed by atoms with van der Waals surface area (Å²) in [7, 11) is 5.78. The molecule has 0 spiro atoms. The first-order valence-electron chi connectivity index (χ1n) is 10.4. The van der Waals surface area contributed by atoms with Crippen LogP contribution in [0.2, 0.25) is 0 Å². The molecule has 0 aromatic rings. The molecule has 0 saturated carbocycles. The van der Waals surface area contributed by atoms with Gasteiger partial charge in [-0.15, -0.1) is 0 Å². The number of carbonyl (C=O) groups is 2. The molecule has 0 radical (unpaired) electrons. The normalized spacial score (nSPS) is 13.6. The number of carbonyl (C=O) groups excluding carboxylic acids is 2. The summed E-state index contributed by atoms with van der Waals surface area (Å²) in [5.74, 6) is -1.57. The van der Waals surface area contributed by atoms with E-state index in [2.05, 4.69) is 31.2 Å². The number of ether oxygens (including phenoxy) is 1. The van der Waals surface area contributed by atoms with Crippen LogP contribution in [0.5, 0.6) is 0 Å². The maximum absolute atomic E-state index is 11.9. The highest BCUT2D eigenvalue weighted by Gasteiger charge is 2.22. The molecule has 0 aromatic carbocycles. The zero-order valence-corrected chi connectivity index (χ0v) is 18.2. The lowest BCUT2D eigenvalue weighted by molar-refractivity contribution is -0.873. The lowest BCUT2D eigenvalue weighted by Crippen LogP contribution is -2.45. The molecule has 0 aromatic heterocycles. The molecule has 1 atom stereocenters. The Balaban J connectivity index is 3.96. The number of quaternary nitrogens is 1. The van der Waals surface area contributed by atoms with Crippen molar-refractivity contribution in [2.45, 2.75) is 70.8 Å². The molecule has 0 saturated heterocycles. The van der Waals surface area contributed by atoms with E-state index in [-0.39, 0.29) is 18.8 Å². The second-order valence-electron chi connectivity index (χ2n) is 8.08. The number of rotatable bonds is 16. The average Bonchev–Trinajstić information content (AvgIpc) is 2.56. The fourth-order valence-electron chi connectivity index (χ4n) is 2.68. The monoisotopic (exact) mass is 393 g/mol. The number of nitrogens with zero attached hydrogens (tertiary/aromatic N) is 1. The first kappa shape index (κ1) is 26.1. The van der Waals surface area contributed by atoms with Crippen molar-refractivity contribution in [1.82, 2.24) is 0 Å². The smallest absolute Gasteiger partial charge is 0.306 e. The molecule has 1 unspecified atom stereocenters. The minimum absolute atomic E-state index is 0.251. The molecule has 0 bridgehead atoms. The van der Waals surface area contributed by atoms with E-state index in [4.69, 9.17) is 4.74 Å². The topological polar surface area (TPSA) is 66.4 Å². The summed E-state index contributed by atoms with van der Waals surface area (Å²) in [5.41, 5.74) is 0. The first-order chi connectivity index (χ1) is 13.2. The largest absolute Gasteiger partial charge is 0.550 e. The molecule has 0 N–H and O–H groups in total. The predicted molar refractivity (Wildman–Crippen MR) is 112 cm³/mol. The molecule has 160 valence electrons. The Morgan fingerprint density at radius 2 is 1.50 bits per heavy atom. The number of esters is 1. The summed E-state index contributed by atoms with van der Waals surface area (Å²) in [4.78, 5) is 22.8. The van der Waals surface area contributed by atoms with Gasteiger partial charge in [-0.3, -0.25) is 4.79 Å². The molecule has 0 rings (SSSR count). The Labute approximate surface area is 171 Å². The van der Waals surface area contributed by atoms with Crippen molar-refractivity contribution < 1.29 is 23.9 Å². The van der Waals surface area contributed by atoms with Gasteiger partial charge in [-0.25, -0.2) is 0 Å². The van der Waals surface area contributed by atoms with E-state index < -0.39 is 12.1 Å². The number of carboxylic acid groups (broad SMARTS) is 1. The number of carboxylic acids is 1. The van der Waals surface area contributed by atoms with Gasteiger partial charge in [0.05, 0.1) is 21.1 Å². The fraction of sp³-hybridized carbons (Fsp3) is 0.652. The van der Waals surface area contributed by atoms with Gasteiger partial charge in [0, 0.05) is 18.8 Å². The summed E-state index contributed by atoms with van der Waals surface area (Å²) in [6, 6.07) is 0. The Morgan fingerprint density at radius 1 is 0.929 bits per heavy atom. The average molecular weight is 394 g/mol. The molecule has 5 heteroatoms. The summed E-state index contributed by atoms with van der Waals surface area (Å²) >= 11 is 0. The second-order valence-corrected chi connectivity index (χ2v) is 8.08. The molecule has 5 nitrogen and oxygen atoms in total. The maximum Gasteiger partial charge on any atom is 0.306 e. The van der Waals surface area contributed by atoms with Crippen molar-refractivity contribution in [2.24, 2.45) is 0 Å². The van der Waals surface area contributed by atoms with Crippen LogP contribution in [0.3, 0.4) is 0 Å². The molecule has 0 aliphatic carbocycles. The van der Waals surface area contributed by atoms with Crippen LogP contribution >= 0.6 is 0 Å². The molecule has 0 aliphatic heterocycles. The Bertz CT molecular complexity index is 515. The van der Waals surface area contributed by atoms with Crippen molar-refractivity contribution in [1.29, 1.82) is 0 Å². The zero-order valence-electron chi connectivity index (χ0n) is 18.2. The minimum atomic E-state index is -1.20. The zero-order chi connectivity index (χ0) is 21.3. The van der Waals surface area contributed by atoms with Crippen molar-refractivity contribution in [3.8, 4) is 0 Å². The van der Waals surface area contributed by atoms with Crippen molar-refractivity contribution in [3.63, 3.8) is 0 Å². The van der Waals surface area contributed by atoms with Gasteiger partial charge in [0.15, 0.2) is 6.10 Å². The summed E-state index contributed by atoms with van der Waals surface area (Å²) in [5, 5.41) is 10.8. The van der Waals surface area contributed by atoms with Crippen LogP contribution in [0.1, 0.15) is 64.7 Å². The standard InChI is InChI=1S/C23H39NO4/c1-5-6-7-8-9-10-11-12-13-14-15-16-17-18-23(27)28-21(19-22(25)26)20-24(2,3)4/h9-10,12-13,15-16,21H,5-8,11,14,17-20H2,1-4H3/b10-9+,13-12+,16-15+. The number of likely N-dealkylation sites (N-methyl/N-ethyl adjacent to an activating group) is 1. The van der Waals surface area contributed by atoms with Gasteiger partial charge in [-0.2, -0.15) is 0 Å². The van der Waals surface area contributed by atoms with Crippen molar-refractivity contribution >= 4 is 11.9 Å². The van der Waals surface area contributed by atoms with Gasteiger partial charge < -0.3 is 19.1 Å². The molecule has 28 heavy (non-hydrogen) atoms. The van der Waals surface area contributed by atoms with Crippen LogP contribution in [0.4, 0.5) is 0 Å². The highest BCUT2D eigenvalue weighted by atomic mass is 16.5. The fourth-order valence-corrected chi connectivity index (χ4v) is 2.68. The minimum Gasteiger partial charge on any atom is -0.550 e. The van der Waals surface area contributed by atoms with Crippen molar-refractivity contribution in [2.75, 3.05) is 27.7 Å². The van der Waals surface area contributed by atoms with Gasteiger partial charge in [0.2, 0.25) is 0 Å². The van der Waals surface area contributed by atoms with Gasteiger partial charge in [-0.1, -0.05) is 56.2 Å². The van der Waals surface area contributed by atoms with E-state index >= 15 is 0 Å². The lowest BCUT2D eigenvalue weighted by Gasteiger charge is -2.29. The van der Waals surface area contributed by atoms with Crippen LogP contribution < -0.4 is 5.11 Å². The number of unbranched alkanes of at least 4 members (excludes halogenated alkanes) is 3. The third-order valence-corrected chi connectivity index (χ3v) is 3.98. The number of allylic oxidation sites excluding steroid dienone is 6. The van der Waals surface area contributed by atoms with Crippen molar-refractivity contribution in [3.05, 3.63) is 36.5 Å². The van der Waals surface area contributed by atoms with Crippen LogP contribution in [0.15, 0.2) is 36.5 Å². The predicted octanol–water partition coefficient (Wildman–Crippen LogP) is 3.55. The van der Waals surface area contributed by atoms with E-state index in [0.29, 0.717) is 17.4 Å². The molecule has 0 aliphatic rings. The molecular weight excluding hydrogens is 354 g/mol. The lowest BCUT2D eigenvalue weighted by atomic mass is 10.2. The van der Waals surface area contributed by atoms with Gasteiger partial charge in [0.25, 0.3) is 0 Å². The highest BCUT2D eigenvalue weighted by molar-refractivity contribution is 5.71. The van der Waals surface area contributed by atoms with E-state index in [9.17, 15) is 14.7 Å². The summed E-state index contributed by atoms with van der Waals surface area (Å²) in [6.07, 6.45) is 19.4. The van der Waals surface area contributed by atoms with E-state index in [1.807, 2.05) is 33.3 Å². The first-order valence-corrected chi connectivity index (χ1v) is 10.4. The Hall–Kier alpha value is -1.88. The highest BCUT2D eigenvalue weighted by Crippen LogP contribution is 2.07. The third kappa shape index (κ3) is 18.9. The SMILES string of the molecule is CCCCC/C=C/C/C=C/C/C=C/CCC(=O)OC(CC(=O)[O-])C[N+](C)(C)C. The number of hydrogen-bond donors (Lipinski definition) is 0. The number of hydrogen-bond acceptors (Lipinski definition) is 4. The number of aliphatic carboxylic acids is 1. The summed E-state index contributed by atoms with van der Waals surface area (Å²) in [6.45, 7) is 2.65. The molecule has 0 fully saturated rings.